The maximum atomic E-state index is 14.1. The number of rotatable bonds is 7. The highest BCUT2D eigenvalue weighted by Crippen LogP contribution is 2.40. The molecule has 0 fully saturated rings. The van der Waals surface area contributed by atoms with Gasteiger partial charge in [-0.2, -0.15) is 5.26 Å². The number of carbonyl (C=O) groups excluding carboxylic acids is 3. The normalized spacial score (nSPS) is 13.0. The van der Waals surface area contributed by atoms with Crippen molar-refractivity contribution in [1.82, 2.24) is 4.90 Å². The number of benzene rings is 3. The van der Waals surface area contributed by atoms with Crippen molar-refractivity contribution in [3.8, 4) is 6.07 Å². The summed E-state index contributed by atoms with van der Waals surface area (Å²) in [4.78, 5) is 41.6. The fraction of sp³-hybridized carbons (Fsp3) is 0.161. The van der Waals surface area contributed by atoms with Crippen molar-refractivity contribution in [2.24, 2.45) is 0 Å². The van der Waals surface area contributed by atoms with E-state index in [2.05, 4.69) is 16.7 Å². The van der Waals surface area contributed by atoms with Crippen molar-refractivity contribution in [3.05, 3.63) is 112 Å². The molecule has 7 nitrogen and oxygen atoms in total. The molecule has 1 aliphatic heterocycles. The number of nitriles is 1. The Balaban J connectivity index is 1.38. The Bertz CT molecular complexity index is 1670. The number of thioether (sulfide) groups is 1. The second-order valence-corrected chi connectivity index (χ2v) is 11.7. The number of hydrogen-bond donors (Lipinski definition) is 2. The zero-order chi connectivity index (χ0) is 28.9. The van der Waals surface area contributed by atoms with Crippen LogP contribution in [0.25, 0.3) is 0 Å². The Hall–Kier alpha value is -4.46. The van der Waals surface area contributed by atoms with E-state index < -0.39 is 17.0 Å². The molecule has 4 aromatic rings. The molecule has 10 heteroatoms. The molecule has 0 saturated carbocycles. The smallest absolute Gasteiger partial charge is 0.258 e. The average molecular weight is 585 g/mol. The number of anilines is 2. The maximum absolute atomic E-state index is 14.1. The molecular formula is C31H25FN4O3S2. The lowest BCUT2D eigenvalue weighted by Crippen LogP contribution is -2.33. The Morgan fingerprint density at radius 3 is 2.51 bits per heavy atom. The highest BCUT2D eigenvalue weighted by molar-refractivity contribution is 8.00. The van der Waals surface area contributed by atoms with Gasteiger partial charge in [-0.3, -0.25) is 14.4 Å². The van der Waals surface area contributed by atoms with Crippen molar-refractivity contribution in [1.29, 1.82) is 5.26 Å². The van der Waals surface area contributed by atoms with Crippen molar-refractivity contribution < 1.29 is 18.8 Å². The standard InChI is InChI=1S/C31H25FN4O3S2/c1-19(37)36-15-14-23-25(17-33)31(41-27(23)18-36)35-30(39)28(20-8-3-2-4-9-20)40-22-11-7-10-21(16-22)34-29(38)24-12-5-6-13-26(24)32/h2-13,16,28H,14-15,18H2,1H3,(H,34,38)(H,35,39). The molecule has 0 saturated heterocycles. The zero-order valence-electron chi connectivity index (χ0n) is 22.0. The summed E-state index contributed by atoms with van der Waals surface area (Å²) in [5, 5.41) is 15.4. The van der Waals surface area contributed by atoms with Crippen LogP contribution < -0.4 is 10.6 Å². The Morgan fingerprint density at radius 2 is 1.78 bits per heavy atom. The highest BCUT2D eigenvalue weighted by atomic mass is 32.2. The van der Waals surface area contributed by atoms with Crippen molar-refractivity contribution in [2.45, 2.75) is 30.0 Å². The third kappa shape index (κ3) is 6.32. The topological polar surface area (TPSA) is 102 Å². The van der Waals surface area contributed by atoms with E-state index in [0.717, 1.165) is 16.0 Å². The van der Waals surface area contributed by atoms with Crippen LogP contribution in [0.2, 0.25) is 0 Å². The molecule has 3 amide bonds. The monoisotopic (exact) mass is 584 g/mol. The van der Waals surface area contributed by atoms with Gasteiger partial charge in [0.1, 0.15) is 22.1 Å². The van der Waals surface area contributed by atoms with Crippen LogP contribution in [-0.2, 0) is 22.6 Å². The first-order valence-corrected chi connectivity index (χ1v) is 14.5. The van der Waals surface area contributed by atoms with Gasteiger partial charge in [-0.15, -0.1) is 23.1 Å². The molecule has 5 rings (SSSR count). The molecule has 3 aromatic carbocycles. The minimum atomic E-state index is -0.673. The van der Waals surface area contributed by atoms with E-state index in [0.29, 0.717) is 40.7 Å². The number of carbonyl (C=O) groups is 3. The summed E-state index contributed by atoms with van der Waals surface area (Å²) in [7, 11) is 0. The lowest BCUT2D eigenvalue weighted by molar-refractivity contribution is -0.129. The van der Waals surface area contributed by atoms with E-state index in [1.807, 2.05) is 36.4 Å². The van der Waals surface area contributed by atoms with E-state index in [1.54, 1.807) is 29.2 Å². The van der Waals surface area contributed by atoms with Gasteiger partial charge in [0.15, 0.2) is 0 Å². The largest absolute Gasteiger partial charge is 0.337 e. The Labute approximate surface area is 245 Å². The van der Waals surface area contributed by atoms with Crippen molar-refractivity contribution >= 4 is 51.5 Å². The van der Waals surface area contributed by atoms with Gasteiger partial charge in [-0.25, -0.2) is 4.39 Å². The molecule has 0 bridgehead atoms. The van der Waals surface area contributed by atoms with Gasteiger partial charge in [0.2, 0.25) is 11.8 Å². The molecule has 1 unspecified atom stereocenters. The molecule has 2 N–H and O–H groups in total. The number of nitrogens with zero attached hydrogens (tertiary/aromatic N) is 2. The van der Waals surface area contributed by atoms with E-state index in [-0.39, 0.29) is 17.4 Å². The summed E-state index contributed by atoms with van der Waals surface area (Å²) in [6, 6.07) is 24.3. The van der Waals surface area contributed by atoms with Gasteiger partial charge >= 0.3 is 0 Å². The number of fused-ring (bicyclic) bond motifs is 1. The highest BCUT2D eigenvalue weighted by Gasteiger charge is 2.29. The van der Waals surface area contributed by atoms with Crippen LogP contribution in [0, 0.1) is 17.1 Å². The fourth-order valence-electron chi connectivity index (χ4n) is 4.58. The average Bonchev–Trinajstić information content (AvgIpc) is 3.32. The molecule has 206 valence electrons. The van der Waals surface area contributed by atoms with Crippen LogP contribution in [0.3, 0.4) is 0 Å². The van der Waals surface area contributed by atoms with Gasteiger partial charge in [-0.1, -0.05) is 48.5 Å². The third-order valence-corrected chi connectivity index (χ3v) is 9.04. The molecule has 0 aliphatic carbocycles. The second-order valence-electron chi connectivity index (χ2n) is 9.37. The first-order chi connectivity index (χ1) is 19.8. The molecular weight excluding hydrogens is 559 g/mol. The molecule has 0 spiro atoms. The number of thiophene rings is 1. The van der Waals surface area contributed by atoms with E-state index in [9.17, 15) is 24.0 Å². The van der Waals surface area contributed by atoms with Crippen LogP contribution >= 0.6 is 23.1 Å². The number of halogens is 1. The minimum absolute atomic E-state index is 0.0268. The summed E-state index contributed by atoms with van der Waals surface area (Å²) in [6.07, 6.45) is 0.562. The van der Waals surface area contributed by atoms with Gasteiger partial charge in [0.05, 0.1) is 17.7 Å². The van der Waals surface area contributed by atoms with Gasteiger partial charge in [-0.05, 0) is 47.9 Å². The van der Waals surface area contributed by atoms with Gasteiger partial charge in [0.25, 0.3) is 5.91 Å². The first kappa shape index (κ1) is 28.1. The molecule has 0 radical (unpaired) electrons. The van der Waals surface area contributed by atoms with Crippen LogP contribution in [0.4, 0.5) is 15.1 Å². The number of nitrogens with one attached hydrogen (secondary N) is 2. The van der Waals surface area contributed by atoms with Crippen LogP contribution in [0.1, 0.15) is 44.1 Å². The van der Waals surface area contributed by atoms with E-state index in [1.165, 1.54) is 48.2 Å². The van der Waals surface area contributed by atoms with E-state index in [4.69, 9.17) is 0 Å². The summed E-state index contributed by atoms with van der Waals surface area (Å²) in [5.74, 6) is -1.52. The van der Waals surface area contributed by atoms with Crippen molar-refractivity contribution in [3.63, 3.8) is 0 Å². The van der Waals surface area contributed by atoms with Gasteiger partial charge in [0, 0.05) is 28.9 Å². The van der Waals surface area contributed by atoms with E-state index >= 15 is 0 Å². The maximum Gasteiger partial charge on any atom is 0.258 e. The fourth-order valence-corrected chi connectivity index (χ4v) is 6.88. The summed E-state index contributed by atoms with van der Waals surface area (Å²) in [6.45, 7) is 2.48. The lowest BCUT2D eigenvalue weighted by atomic mass is 10.0. The molecule has 1 atom stereocenters. The number of amides is 3. The third-order valence-electron chi connectivity index (χ3n) is 6.66. The predicted molar refractivity (Wildman–Crippen MR) is 158 cm³/mol. The zero-order valence-corrected chi connectivity index (χ0v) is 23.7. The molecule has 2 heterocycles. The minimum Gasteiger partial charge on any atom is -0.337 e. The first-order valence-electron chi connectivity index (χ1n) is 12.8. The van der Waals surface area contributed by atoms with Crippen LogP contribution in [-0.4, -0.2) is 29.2 Å². The van der Waals surface area contributed by atoms with Crippen LogP contribution in [0.15, 0.2) is 83.8 Å². The van der Waals surface area contributed by atoms with Crippen molar-refractivity contribution in [2.75, 3.05) is 17.2 Å². The molecule has 41 heavy (non-hydrogen) atoms. The summed E-state index contributed by atoms with van der Waals surface area (Å²) < 4.78 is 14.1. The predicted octanol–water partition coefficient (Wildman–Crippen LogP) is 6.39. The number of hydrogen-bond acceptors (Lipinski definition) is 6. The molecule has 1 aliphatic rings. The lowest BCUT2D eigenvalue weighted by Gasteiger charge is -2.25. The summed E-state index contributed by atoms with van der Waals surface area (Å²) >= 11 is 2.62. The summed E-state index contributed by atoms with van der Waals surface area (Å²) in [5.41, 5.74) is 2.48. The quantitative estimate of drug-likeness (QED) is 0.245. The molecule has 1 aromatic heterocycles. The Morgan fingerprint density at radius 1 is 1.02 bits per heavy atom. The Kier molecular flexibility index (Phi) is 8.47. The van der Waals surface area contributed by atoms with Gasteiger partial charge < -0.3 is 15.5 Å². The van der Waals surface area contributed by atoms with Crippen LogP contribution in [0.5, 0.6) is 0 Å². The second kappa shape index (κ2) is 12.4. The SMILES string of the molecule is CC(=O)N1CCc2c(sc(NC(=O)C(Sc3cccc(NC(=O)c4ccccc4F)c3)c3ccccc3)c2C#N)C1.